The predicted molar refractivity (Wildman–Crippen MR) is 226 cm³/mol. The van der Waals surface area contributed by atoms with Gasteiger partial charge in [0.05, 0.1) is 30.4 Å². The minimum absolute atomic E-state index is 0.0784. The number of Topliss-reactive ketones (excluding diaryl/α,β-unsaturated/α-hetero) is 1. The molecule has 13 atom stereocenters. The fourth-order valence-electron chi connectivity index (χ4n) is 9.86. The number of ketones is 1. The van der Waals surface area contributed by atoms with Gasteiger partial charge < -0.3 is 38.4 Å². The summed E-state index contributed by atoms with van der Waals surface area (Å²) in [6.07, 6.45) is -3.67. The smallest absolute Gasteiger partial charge is 0.410 e. The normalized spacial score (nSPS) is 35.9. The van der Waals surface area contributed by atoms with Crippen molar-refractivity contribution in [3.05, 3.63) is 59.9 Å². The third kappa shape index (κ3) is 9.81. The first-order valence-electron chi connectivity index (χ1n) is 21.5. The summed E-state index contributed by atoms with van der Waals surface area (Å²) in [5.74, 6) is 2.77. The van der Waals surface area contributed by atoms with Gasteiger partial charge in [0.1, 0.15) is 42.0 Å². The molecule has 2 bridgehead atoms. The van der Waals surface area contributed by atoms with Gasteiger partial charge in [-0.05, 0) is 103 Å². The second-order valence-electron chi connectivity index (χ2n) is 17.8. The molecule has 4 aliphatic heterocycles. The molecule has 0 aliphatic carbocycles. The highest BCUT2D eigenvalue weighted by molar-refractivity contribution is 6.00. The molecule has 13 nitrogen and oxygen atoms in total. The summed E-state index contributed by atoms with van der Waals surface area (Å²) in [5, 5.41) is 11.7. The maximum Gasteiger partial charge on any atom is 0.410 e. The van der Waals surface area contributed by atoms with Gasteiger partial charge in [0.2, 0.25) is 0 Å². The number of nitrogens with zero attached hydrogens (tertiary/aromatic N) is 3. The standard InChI is InChI=1S/C47H62FN3O10/c1-11-37-47(8)41-29(4)38(49-21-22-51(41)45(55)61-47)27(2)26-46(7,56-23-13-14-32-17-19-34(20-18-32)58-35-16-12-15-33(48)25-35)42(30(5)39(52)31(6)43(54)59-37)60-44-40(53)36(50(9)10)24-28(3)57-44/h12,15-20,25,27-31,36-37,40-42,44,53H,11,21-24,26H2,1-10H3/t27-,28-,29-,30+,31-,36+,37+,40-,41-,42-,44+,46+,47-/m1/s1. The molecule has 0 spiro atoms. The van der Waals surface area contributed by atoms with Gasteiger partial charge in [-0.15, -0.1) is 0 Å². The van der Waals surface area contributed by atoms with Crippen LogP contribution in [0.25, 0.3) is 0 Å². The fraction of sp³-hybridized carbons (Fsp3) is 0.617. The molecular weight excluding hydrogens is 786 g/mol. The number of cyclic esters (lactones) is 1. The van der Waals surface area contributed by atoms with Crippen LogP contribution in [0.4, 0.5) is 9.18 Å². The minimum atomic E-state index is -1.29. The number of amides is 1. The Hall–Kier alpha value is -4.39. The molecule has 3 saturated heterocycles. The number of halogens is 1. The van der Waals surface area contributed by atoms with Gasteiger partial charge in [0.25, 0.3) is 0 Å². The quantitative estimate of drug-likeness (QED) is 0.178. The Kier molecular flexibility index (Phi) is 14.3. The van der Waals surface area contributed by atoms with Crippen LogP contribution < -0.4 is 4.74 Å². The van der Waals surface area contributed by atoms with E-state index < -0.39 is 77.3 Å². The van der Waals surface area contributed by atoms with E-state index in [0.29, 0.717) is 43.0 Å². The molecule has 2 aromatic rings. The number of aliphatic hydroxyl groups is 1. The van der Waals surface area contributed by atoms with Gasteiger partial charge in [-0.2, -0.15) is 0 Å². The Labute approximate surface area is 359 Å². The molecule has 2 aromatic carbocycles. The number of rotatable bonds is 8. The first-order valence-corrected chi connectivity index (χ1v) is 21.5. The number of aliphatic hydroxyl groups excluding tert-OH is 1. The van der Waals surface area contributed by atoms with Crippen LogP contribution in [0.15, 0.2) is 53.5 Å². The molecular formula is C47H62FN3O10. The largest absolute Gasteiger partial charge is 0.458 e. The average molecular weight is 848 g/mol. The lowest BCUT2D eigenvalue weighted by Crippen LogP contribution is -2.60. The zero-order valence-corrected chi connectivity index (χ0v) is 37.1. The van der Waals surface area contributed by atoms with E-state index in [2.05, 4.69) is 11.8 Å². The Balaban J connectivity index is 1.37. The van der Waals surface area contributed by atoms with Crippen molar-refractivity contribution < 1.29 is 52.3 Å². The number of carbonyl (C=O) groups is 3. The van der Waals surface area contributed by atoms with Crippen LogP contribution in [0, 0.1) is 41.3 Å². The SMILES string of the molecule is CC[C@@H]1OC(=O)[C@H](C)C(=O)[C@H](C)[C@@H](O[C@@H]2O[C@H](C)C[C@H](N(C)C)[C@H]2O)[C@@](C)(OCC#Cc2ccc(Oc3cccc(F)c3)cc2)C[C@@H](C)C2=NCCN3C(=O)O[C@@]1(C)[C@H]3[C@@H]2C. The molecule has 6 rings (SSSR count). The molecule has 1 amide bonds. The molecule has 0 aromatic heterocycles. The lowest BCUT2D eigenvalue weighted by molar-refractivity contribution is -0.296. The van der Waals surface area contributed by atoms with Crippen LogP contribution in [0.5, 0.6) is 11.5 Å². The third-order valence-electron chi connectivity index (χ3n) is 13.0. The molecule has 61 heavy (non-hydrogen) atoms. The summed E-state index contributed by atoms with van der Waals surface area (Å²) in [4.78, 5) is 50.8. The number of ether oxygens (including phenoxy) is 6. The minimum Gasteiger partial charge on any atom is -0.458 e. The molecule has 332 valence electrons. The van der Waals surface area contributed by atoms with E-state index in [1.54, 1.807) is 55.1 Å². The van der Waals surface area contributed by atoms with Crippen molar-refractivity contribution in [1.29, 1.82) is 0 Å². The maximum atomic E-state index is 14.6. The molecule has 0 unspecified atom stereocenters. The van der Waals surface area contributed by atoms with Gasteiger partial charge in [0, 0.05) is 41.8 Å². The van der Waals surface area contributed by atoms with Crippen molar-refractivity contribution in [2.24, 2.45) is 28.7 Å². The third-order valence-corrected chi connectivity index (χ3v) is 13.0. The van der Waals surface area contributed by atoms with E-state index in [1.165, 1.54) is 19.1 Å². The highest BCUT2D eigenvalue weighted by atomic mass is 19.1. The first-order chi connectivity index (χ1) is 28.9. The van der Waals surface area contributed by atoms with Gasteiger partial charge in [0.15, 0.2) is 17.7 Å². The van der Waals surface area contributed by atoms with E-state index in [9.17, 15) is 23.9 Å². The van der Waals surface area contributed by atoms with Gasteiger partial charge in [-0.3, -0.25) is 19.5 Å². The molecule has 0 saturated carbocycles. The number of hydrogen-bond acceptors (Lipinski definition) is 12. The monoisotopic (exact) mass is 847 g/mol. The van der Waals surface area contributed by atoms with Crippen molar-refractivity contribution >= 4 is 23.6 Å². The number of fused-ring (bicyclic) bond motifs is 1. The molecule has 14 heteroatoms. The molecule has 1 N–H and O–H groups in total. The zero-order valence-electron chi connectivity index (χ0n) is 37.1. The van der Waals surface area contributed by atoms with Crippen LogP contribution in [-0.2, 0) is 33.3 Å². The molecule has 0 radical (unpaired) electrons. The van der Waals surface area contributed by atoms with E-state index >= 15 is 0 Å². The fourth-order valence-corrected chi connectivity index (χ4v) is 9.86. The topological polar surface area (TPSA) is 146 Å². The summed E-state index contributed by atoms with van der Waals surface area (Å²) < 4.78 is 51.7. The lowest BCUT2D eigenvalue weighted by Gasteiger charge is -2.47. The number of likely N-dealkylation sites (N-methyl/N-ethyl adjacent to an activating group) is 1. The van der Waals surface area contributed by atoms with Crippen molar-refractivity contribution in [1.82, 2.24) is 9.80 Å². The van der Waals surface area contributed by atoms with Crippen molar-refractivity contribution in [3.8, 4) is 23.3 Å². The van der Waals surface area contributed by atoms with E-state index in [0.717, 1.165) is 5.71 Å². The lowest BCUT2D eigenvalue weighted by atomic mass is 9.73. The maximum absolute atomic E-state index is 14.6. The highest BCUT2D eigenvalue weighted by Gasteiger charge is 2.60. The highest BCUT2D eigenvalue weighted by Crippen LogP contribution is 2.44. The number of aliphatic imine (C=N–C) groups is 1. The Morgan fingerprint density at radius 1 is 1.02 bits per heavy atom. The van der Waals surface area contributed by atoms with Gasteiger partial charge in [-0.25, -0.2) is 9.18 Å². The van der Waals surface area contributed by atoms with Gasteiger partial charge in [-0.1, -0.05) is 45.6 Å². The Morgan fingerprint density at radius 2 is 1.74 bits per heavy atom. The van der Waals surface area contributed by atoms with Crippen molar-refractivity contribution in [2.45, 2.75) is 129 Å². The number of esters is 1. The second-order valence-corrected chi connectivity index (χ2v) is 17.8. The predicted octanol–water partition coefficient (Wildman–Crippen LogP) is 6.43. The van der Waals surface area contributed by atoms with E-state index in [4.69, 9.17) is 33.4 Å². The summed E-state index contributed by atoms with van der Waals surface area (Å²) in [5.41, 5.74) is -0.997. The van der Waals surface area contributed by atoms with Crippen molar-refractivity contribution in [3.63, 3.8) is 0 Å². The van der Waals surface area contributed by atoms with Crippen LogP contribution >= 0.6 is 0 Å². The molecule has 4 heterocycles. The van der Waals surface area contributed by atoms with Crippen LogP contribution in [-0.4, -0.2) is 126 Å². The zero-order chi connectivity index (χ0) is 44.4. The van der Waals surface area contributed by atoms with E-state index in [1.807, 2.05) is 53.6 Å². The van der Waals surface area contributed by atoms with E-state index in [-0.39, 0.29) is 37.0 Å². The van der Waals surface area contributed by atoms with Crippen LogP contribution in [0.3, 0.4) is 0 Å². The van der Waals surface area contributed by atoms with Crippen molar-refractivity contribution in [2.75, 3.05) is 33.8 Å². The average Bonchev–Trinajstić information content (AvgIpc) is 3.34. The Bertz CT molecular complexity index is 2000. The number of carbonyl (C=O) groups excluding carboxylic acids is 3. The van der Waals surface area contributed by atoms with Crippen LogP contribution in [0.2, 0.25) is 0 Å². The summed E-state index contributed by atoms with van der Waals surface area (Å²) in [6, 6.07) is 12.1. The van der Waals surface area contributed by atoms with Crippen LogP contribution in [0.1, 0.15) is 80.2 Å². The molecule has 4 aliphatic rings. The van der Waals surface area contributed by atoms with Gasteiger partial charge >= 0.3 is 12.1 Å². The second kappa shape index (κ2) is 18.9. The summed E-state index contributed by atoms with van der Waals surface area (Å²) in [7, 11) is 3.77. The first kappa shape index (κ1) is 46.1. The number of benzene rings is 2. The number of hydrogen-bond donors (Lipinski definition) is 1. The Morgan fingerprint density at radius 3 is 2.41 bits per heavy atom. The summed E-state index contributed by atoms with van der Waals surface area (Å²) in [6.45, 7) is 15.3. The molecule has 3 fully saturated rings. The summed E-state index contributed by atoms with van der Waals surface area (Å²) >= 11 is 0.